The summed E-state index contributed by atoms with van der Waals surface area (Å²) in [6.07, 6.45) is 1.13. The maximum absolute atomic E-state index is 12.6. The largest absolute Gasteiger partial charge is 0.445 e. The van der Waals surface area contributed by atoms with Gasteiger partial charge in [0.05, 0.1) is 13.2 Å². The number of nitrogens with zero attached hydrogens (tertiary/aromatic N) is 2. The van der Waals surface area contributed by atoms with Crippen LogP contribution in [0.2, 0.25) is 0 Å². The van der Waals surface area contributed by atoms with Gasteiger partial charge in [-0.2, -0.15) is 0 Å². The molecule has 0 aliphatic carbocycles. The van der Waals surface area contributed by atoms with Crippen LogP contribution in [0.5, 0.6) is 0 Å². The van der Waals surface area contributed by atoms with Crippen molar-refractivity contribution in [1.29, 1.82) is 0 Å². The standard InChI is InChI=1S/C17H22N2O4/c20-16(18-9-11-22-12-10-18)15-7-4-8-19(15)17(21)23-13-14-5-2-1-3-6-14/h1-3,5-6,15H,4,7-13H2/t15-/m0/s1. The quantitative estimate of drug-likeness (QED) is 0.850. The molecule has 124 valence electrons. The summed E-state index contributed by atoms with van der Waals surface area (Å²) < 4.78 is 10.6. The normalized spacial score (nSPS) is 21.3. The molecule has 0 spiro atoms. The molecule has 2 heterocycles. The molecule has 0 aromatic heterocycles. The molecule has 2 aliphatic heterocycles. The lowest BCUT2D eigenvalue weighted by molar-refractivity contribution is -0.139. The van der Waals surface area contributed by atoms with Crippen molar-refractivity contribution < 1.29 is 19.1 Å². The van der Waals surface area contributed by atoms with Gasteiger partial charge in [-0.15, -0.1) is 0 Å². The van der Waals surface area contributed by atoms with E-state index in [9.17, 15) is 9.59 Å². The molecular weight excluding hydrogens is 296 g/mol. The van der Waals surface area contributed by atoms with Crippen molar-refractivity contribution in [3.8, 4) is 0 Å². The van der Waals surface area contributed by atoms with Crippen molar-refractivity contribution in [3.05, 3.63) is 35.9 Å². The predicted molar refractivity (Wildman–Crippen MR) is 83.8 cm³/mol. The van der Waals surface area contributed by atoms with E-state index in [0.29, 0.717) is 39.3 Å². The second-order valence-corrected chi connectivity index (χ2v) is 5.83. The van der Waals surface area contributed by atoms with Crippen LogP contribution in [0.25, 0.3) is 0 Å². The molecule has 2 saturated heterocycles. The van der Waals surface area contributed by atoms with E-state index in [-0.39, 0.29) is 12.5 Å². The number of carbonyl (C=O) groups is 2. The fourth-order valence-electron chi connectivity index (χ4n) is 3.04. The molecule has 23 heavy (non-hydrogen) atoms. The third kappa shape index (κ3) is 3.82. The first kappa shape index (κ1) is 15.8. The van der Waals surface area contributed by atoms with Gasteiger partial charge in [0.15, 0.2) is 0 Å². The van der Waals surface area contributed by atoms with Gasteiger partial charge in [-0.25, -0.2) is 4.79 Å². The minimum absolute atomic E-state index is 0.0162. The van der Waals surface area contributed by atoms with Gasteiger partial charge in [0.2, 0.25) is 5.91 Å². The van der Waals surface area contributed by atoms with Gasteiger partial charge >= 0.3 is 6.09 Å². The van der Waals surface area contributed by atoms with Crippen LogP contribution in [0.3, 0.4) is 0 Å². The van der Waals surface area contributed by atoms with Gasteiger partial charge in [0, 0.05) is 19.6 Å². The number of hydrogen-bond acceptors (Lipinski definition) is 4. The first-order chi connectivity index (χ1) is 11.3. The van der Waals surface area contributed by atoms with E-state index in [2.05, 4.69) is 0 Å². The van der Waals surface area contributed by atoms with Crippen LogP contribution in [-0.4, -0.2) is 60.7 Å². The maximum atomic E-state index is 12.6. The zero-order chi connectivity index (χ0) is 16.1. The SMILES string of the molecule is O=C([C@@H]1CCCN1C(=O)OCc1ccccc1)N1CCOCC1. The Hall–Kier alpha value is -2.08. The van der Waals surface area contributed by atoms with Gasteiger partial charge in [0.25, 0.3) is 0 Å². The summed E-state index contributed by atoms with van der Waals surface area (Å²) in [4.78, 5) is 28.3. The van der Waals surface area contributed by atoms with Gasteiger partial charge in [0.1, 0.15) is 12.6 Å². The van der Waals surface area contributed by atoms with Crippen LogP contribution in [0.15, 0.2) is 30.3 Å². The number of benzene rings is 1. The number of carbonyl (C=O) groups excluding carboxylic acids is 2. The molecule has 3 rings (SSSR count). The van der Waals surface area contributed by atoms with E-state index >= 15 is 0 Å². The van der Waals surface area contributed by atoms with Crippen LogP contribution in [0.4, 0.5) is 4.79 Å². The molecule has 2 amide bonds. The molecule has 1 aromatic carbocycles. The number of morpholine rings is 1. The highest BCUT2D eigenvalue weighted by Crippen LogP contribution is 2.21. The van der Waals surface area contributed by atoms with Crippen molar-refractivity contribution in [2.45, 2.75) is 25.5 Å². The average Bonchev–Trinajstić information content (AvgIpc) is 3.10. The Morgan fingerprint density at radius 3 is 2.61 bits per heavy atom. The van der Waals surface area contributed by atoms with Gasteiger partial charge in [-0.05, 0) is 18.4 Å². The summed E-state index contributed by atoms with van der Waals surface area (Å²) in [5.74, 6) is 0.0162. The zero-order valence-corrected chi connectivity index (χ0v) is 13.1. The molecule has 6 heteroatoms. The zero-order valence-electron chi connectivity index (χ0n) is 13.1. The van der Waals surface area contributed by atoms with Crippen molar-refractivity contribution in [2.75, 3.05) is 32.8 Å². The number of likely N-dealkylation sites (tertiary alicyclic amines) is 1. The smallest absolute Gasteiger partial charge is 0.410 e. The molecule has 0 unspecified atom stereocenters. The Kier molecular flexibility index (Phi) is 5.12. The van der Waals surface area contributed by atoms with E-state index in [4.69, 9.17) is 9.47 Å². The second kappa shape index (κ2) is 7.46. The molecule has 0 saturated carbocycles. The lowest BCUT2D eigenvalue weighted by Crippen LogP contribution is -2.51. The Labute approximate surface area is 136 Å². The third-order valence-electron chi connectivity index (χ3n) is 4.30. The number of rotatable bonds is 3. The summed E-state index contributed by atoms with van der Waals surface area (Å²) >= 11 is 0. The predicted octanol–water partition coefficient (Wildman–Crippen LogP) is 1.65. The van der Waals surface area contributed by atoms with E-state index < -0.39 is 12.1 Å². The summed E-state index contributed by atoms with van der Waals surface area (Å²) in [5.41, 5.74) is 0.941. The highest BCUT2D eigenvalue weighted by molar-refractivity contribution is 5.86. The summed E-state index contributed by atoms with van der Waals surface area (Å²) in [6, 6.07) is 9.16. The first-order valence-electron chi connectivity index (χ1n) is 8.09. The maximum Gasteiger partial charge on any atom is 0.410 e. The fourth-order valence-corrected chi connectivity index (χ4v) is 3.04. The van der Waals surface area contributed by atoms with E-state index in [0.717, 1.165) is 12.0 Å². The number of hydrogen-bond donors (Lipinski definition) is 0. The lowest BCUT2D eigenvalue weighted by atomic mass is 10.2. The van der Waals surface area contributed by atoms with Crippen molar-refractivity contribution in [1.82, 2.24) is 9.80 Å². The Morgan fingerprint density at radius 1 is 1.13 bits per heavy atom. The molecule has 1 atom stereocenters. The van der Waals surface area contributed by atoms with E-state index in [1.165, 1.54) is 0 Å². The Bertz CT molecular complexity index is 543. The Morgan fingerprint density at radius 2 is 1.87 bits per heavy atom. The van der Waals surface area contributed by atoms with E-state index in [1.807, 2.05) is 30.3 Å². The van der Waals surface area contributed by atoms with Gasteiger partial charge in [-0.1, -0.05) is 30.3 Å². The molecule has 6 nitrogen and oxygen atoms in total. The minimum atomic E-state index is -0.405. The highest BCUT2D eigenvalue weighted by Gasteiger charge is 2.37. The van der Waals surface area contributed by atoms with Crippen molar-refractivity contribution in [3.63, 3.8) is 0 Å². The molecule has 0 radical (unpaired) electrons. The third-order valence-corrected chi connectivity index (χ3v) is 4.30. The lowest BCUT2D eigenvalue weighted by Gasteiger charge is -2.32. The topological polar surface area (TPSA) is 59.1 Å². The number of amides is 2. The molecule has 1 aromatic rings. The van der Waals surface area contributed by atoms with Crippen molar-refractivity contribution >= 4 is 12.0 Å². The summed E-state index contributed by atoms with van der Waals surface area (Å²) in [7, 11) is 0. The Balaban J connectivity index is 1.57. The highest BCUT2D eigenvalue weighted by atomic mass is 16.6. The van der Waals surface area contributed by atoms with Crippen LogP contribution in [-0.2, 0) is 20.9 Å². The van der Waals surface area contributed by atoms with Crippen LogP contribution in [0, 0.1) is 0 Å². The van der Waals surface area contributed by atoms with Crippen molar-refractivity contribution in [2.24, 2.45) is 0 Å². The summed E-state index contributed by atoms with van der Waals surface area (Å²) in [5, 5.41) is 0. The molecular formula is C17H22N2O4. The van der Waals surface area contributed by atoms with Crippen LogP contribution < -0.4 is 0 Å². The van der Waals surface area contributed by atoms with Gasteiger partial charge < -0.3 is 14.4 Å². The van der Waals surface area contributed by atoms with E-state index in [1.54, 1.807) is 9.80 Å². The average molecular weight is 318 g/mol. The number of ether oxygens (including phenoxy) is 2. The molecule has 2 aliphatic rings. The molecule has 0 bridgehead atoms. The molecule has 2 fully saturated rings. The molecule has 0 N–H and O–H groups in total. The van der Waals surface area contributed by atoms with Gasteiger partial charge in [-0.3, -0.25) is 9.69 Å². The van der Waals surface area contributed by atoms with Crippen LogP contribution in [0.1, 0.15) is 18.4 Å². The monoisotopic (exact) mass is 318 g/mol. The minimum Gasteiger partial charge on any atom is -0.445 e. The first-order valence-corrected chi connectivity index (χ1v) is 8.09. The second-order valence-electron chi connectivity index (χ2n) is 5.83. The van der Waals surface area contributed by atoms with Crippen LogP contribution >= 0.6 is 0 Å². The fraction of sp³-hybridized carbons (Fsp3) is 0.529. The summed E-state index contributed by atoms with van der Waals surface area (Å²) in [6.45, 7) is 3.14.